The number of alkyl carbamates (subject to hydrolysis) is 1. The maximum atomic E-state index is 13.2. The predicted molar refractivity (Wildman–Crippen MR) is 169 cm³/mol. The largest absolute Gasteiger partial charge is 0.489 e. The van der Waals surface area contributed by atoms with E-state index in [4.69, 9.17) is 9.47 Å². The van der Waals surface area contributed by atoms with Crippen LogP contribution >= 0.6 is 0 Å². The van der Waals surface area contributed by atoms with Crippen molar-refractivity contribution in [3.05, 3.63) is 102 Å². The summed E-state index contributed by atoms with van der Waals surface area (Å²) >= 11 is 0. The van der Waals surface area contributed by atoms with Gasteiger partial charge in [-0.3, -0.25) is 9.59 Å². The average Bonchev–Trinajstić information content (AvgIpc) is 3.41. The zero-order valence-electron chi connectivity index (χ0n) is 25.5. The monoisotopic (exact) mass is 614 g/mol. The lowest BCUT2D eigenvalue weighted by molar-refractivity contribution is -0.141. The van der Waals surface area contributed by atoms with Crippen LogP contribution in [0.5, 0.6) is 5.75 Å². The summed E-state index contributed by atoms with van der Waals surface area (Å²) < 4.78 is 11.2. The molecule has 0 saturated heterocycles. The van der Waals surface area contributed by atoms with Gasteiger partial charge in [-0.15, -0.1) is 0 Å². The molecule has 5 N–H and O–H groups in total. The van der Waals surface area contributed by atoms with Crippen LogP contribution in [0.25, 0.3) is 10.9 Å². The zero-order chi connectivity index (χ0) is 32.4. The molecule has 0 spiro atoms. The lowest BCUT2D eigenvalue weighted by atomic mass is 10.0. The molecule has 11 nitrogen and oxygen atoms in total. The molecule has 4 aromatic rings. The number of ether oxygens (including phenoxy) is 2. The fourth-order valence-electron chi connectivity index (χ4n) is 4.61. The summed E-state index contributed by atoms with van der Waals surface area (Å²) in [5, 5.41) is 18.2. The fraction of sp³-hybridized carbons (Fsp3) is 0.294. The summed E-state index contributed by atoms with van der Waals surface area (Å²) in [6.45, 7) is 5.02. The highest BCUT2D eigenvalue weighted by molar-refractivity contribution is 5.91. The van der Waals surface area contributed by atoms with Crippen LogP contribution in [-0.2, 0) is 38.6 Å². The second kappa shape index (κ2) is 14.9. The molecule has 4 rings (SSSR count). The van der Waals surface area contributed by atoms with E-state index in [2.05, 4.69) is 20.9 Å². The molecule has 0 aliphatic heterocycles. The van der Waals surface area contributed by atoms with Crippen molar-refractivity contribution in [3.63, 3.8) is 0 Å². The topological polar surface area (TPSA) is 159 Å². The van der Waals surface area contributed by atoms with Gasteiger partial charge in [0.05, 0.1) is 6.54 Å². The van der Waals surface area contributed by atoms with Crippen LogP contribution in [0.4, 0.5) is 4.79 Å². The Hall–Kier alpha value is -5.32. The molecule has 3 aromatic carbocycles. The lowest BCUT2D eigenvalue weighted by Gasteiger charge is -2.23. The molecule has 0 saturated carbocycles. The minimum atomic E-state index is -1.22. The molecular weight excluding hydrogens is 576 g/mol. The van der Waals surface area contributed by atoms with E-state index in [1.807, 2.05) is 54.6 Å². The molecule has 0 aliphatic carbocycles. The Kier molecular flexibility index (Phi) is 10.8. The van der Waals surface area contributed by atoms with Gasteiger partial charge in [0.1, 0.15) is 30.0 Å². The normalized spacial score (nSPS) is 12.5. The summed E-state index contributed by atoms with van der Waals surface area (Å²) in [7, 11) is 0. The van der Waals surface area contributed by atoms with Crippen LogP contribution in [0, 0.1) is 0 Å². The average molecular weight is 615 g/mol. The second-order valence-corrected chi connectivity index (χ2v) is 11.6. The van der Waals surface area contributed by atoms with Gasteiger partial charge in [0.15, 0.2) is 0 Å². The van der Waals surface area contributed by atoms with E-state index in [-0.39, 0.29) is 12.8 Å². The second-order valence-electron chi connectivity index (χ2n) is 11.6. The number of hydrogen-bond acceptors (Lipinski definition) is 6. The van der Waals surface area contributed by atoms with Gasteiger partial charge in [0.25, 0.3) is 0 Å². The van der Waals surface area contributed by atoms with Crippen LogP contribution in [-0.4, -0.2) is 58.2 Å². The number of hydrogen-bond donors (Lipinski definition) is 5. The third-order valence-electron chi connectivity index (χ3n) is 6.77. The molecule has 11 heteroatoms. The van der Waals surface area contributed by atoms with Crippen molar-refractivity contribution >= 4 is 34.8 Å². The Labute approximate surface area is 261 Å². The highest BCUT2D eigenvalue weighted by atomic mass is 16.6. The number of carbonyl (C=O) groups is 4. The van der Waals surface area contributed by atoms with Crippen LogP contribution in [0.1, 0.15) is 37.5 Å². The standard InChI is InChI=1S/C34H38N4O7/c1-34(2,3)45-33(43)38-28(17-22-13-15-25(16-14-22)44-21-23-9-5-4-6-10-23)31(40)36-20-30(39)37-29(32(41)42)18-24-19-35-27-12-8-7-11-26(24)27/h4-16,19,28-29,35H,17-18,20-21H2,1-3H3,(H,36,40)(H,37,39)(H,38,43)(H,41,42)/t28-,29+/m0/s1. The minimum absolute atomic E-state index is 0.0485. The van der Waals surface area contributed by atoms with E-state index in [9.17, 15) is 24.3 Å². The fourth-order valence-corrected chi connectivity index (χ4v) is 4.61. The number of amides is 3. The van der Waals surface area contributed by atoms with Crippen LogP contribution in [0.3, 0.4) is 0 Å². The Bertz CT molecular complexity index is 1610. The van der Waals surface area contributed by atoms with Gasteiger partial charge in [-0.2, -0.15) is 0 Å². The molecule has 3 amide bonds. The number of fused-ring (bicyclic) bond motifs is 1. The Balaban J connectivity index is 1.36. The van der Waals surface area contributed by atoms with Crippen molar-refractivity contribution in [1.82, 2.24) is 20.9 Å². The summed E-state index contributed by atoms with van der Waals surface area (Å²) in [5.74, 6) is -1.89. The van der Waals surface area contributed by atoms with Crippen molar-refractivity contribution in [2.45, 2.75) is 57.9 Å². The molecule has 0 unspecified atom stereocenters. The molecule has 1 aromatic heterocycles. The molecule has 0 radical (unpaired) electrons. The first kappa shape index (κ1) is 32.6. The van der Waals surface area contributed by atoms with Gasteiger partial charge >= 0.3 is 12.1 Å². The molecule has 0 bridgehead atoms. The zero-order valence-corrected chi connectivity index (χ0v) is 25.5. The van der Waals surface area contributed by atoms with Crippen molar-refractivity contribution < 1.29 is 33.8 Å². The number of aromatic nitrogens is 1. The highest BCUT2D eigenvalue weighted by Crippen LogP contribution is 2.19. The van der Waals surface area contributed by atoms with E-state index in [0.717, 1.165) is 27.6 Å². The number of rotatable bonds is 13. The van der Waals surface area contributed by atoms with E-state index >= 15 is 0 Å². The van der Waals surface area contributed by atoms with Crippen molar-refractivity contribution in [2.24, 2.45) is 0 Å². The quantitative estimate of drug-likeness (QED) is 0.152. The Morgan fingerprint density at radius 1 is 0.822 bits per heavy atom. The van der Waals surface area contributed by atoms with Crippen LogP contribution < -0.4 is 20.7 Å². The number of nitrogens with one attached hydrogen (secondary N) is 4. The molecule has 236 valence electrons. The molecule has 0 aliphatic rings. The summed E-state index contributed by atoms with van der Waals surface area (Å²) in [6, 6.07) is 22.0. The number of carbonyl (C=O) groups excluding carboxylic acids is 3. The van der Waals surface area contributed by atoms with Gasteiger partial charge in [0, 0.05) is 29.9 Å². The predicted octanol–water partition coefficient (Wildman–Crippen LogP) is 4.11. The summed E-state index contributed by atoms with van der Waals surface area (Å²) in [6.07, 6.45) is 1.07. The van der Waals surface area contributed by atoms with E-state index < -0.39 is 48.1 Å². The molecule has 0 fully saturated rings. The number of aliphatic carboxylic acids is 1. The molecule has 1 heterocycles. The Morgan fingerprint density at radius 2 is 1.51 bits per heavy atom. The SMILES string of the molecule is CC(C)(C)OC(=O)N[C@@H](Cc1ccc(OCc2ccccc2)cc1)C(=O)NCC(=O)N[C@H](Cc1c[nH]c2ccccc12)C(=O)O. The van der Waals surface area contributed by atoms with Crippen molar-refractivity contribution in [1.29, 1.82) is 0 Å². The number of H-pyrrole nitrogens is 1. The minimum Gasteiger partial charge on any atom is -0.489 e. The maximum Gasteiger partial charge on any atom is 0.408 e. The van der Waals surface area contributed by atoms with Gasteiger partial charge in [-0.05, 0) is 55.7 Å². The highest BCUT2D eigenvalue weighted by Gasteiger charge is 2.26. The summed E-state index contributed by atoms with van der Waals surface area (Å²) in [4.78, 5) is 53.5. The van der Waals surface area contributed by atoms with Gasteiger partial charge in [0.2, 0.25) is 11.8 Å². The Morgan fingerprint density at radius 3 is 2.20 bits per heavy atom. The summed E-state index contributed by atoms with van der Waals surface area (Å²) in [5.41, 5.74) is 2.55. The first-order chi connectivity index (χ1) is 21.5. The number of carboxylic acid groups (broad SMARTS) is 1. The van der Waals surface area contributed by atoms with Crippen molar-refractivity contribution in [2.75, 3.05) is 6.54 Å². The van der Waals surface area contributed by atoms with Crippen molar-refractivity contribution in [3.8, 4) is 5.75 Å². The number of carboxylic acids is 1. The third kappa shape index (κ3) is 10.1. The van der Waals surface area contributed by atoms with E-state index in [1.54, 1.807) is 51.2 Å². The smallest absolute Gasteiger partial charge is 0.408 e. The third-order valence-corrected chi connectivity index (χ3v) is 6.77. The van der Waals surface area contributed by atoms with Crippen LogP contribution in [0.2, 0.25) is 0 Å². The number of aromatic amines is 1. The first-order valence-electron chi connectivity index (χ1n) is 14.6. The molecular formula is C34H38N4O7. The van der Waals surface area contributed by atoms with Gasteiger partial charge < -0.3 is 35.5 Å². The lowest BCUT2D eigenvalue weighted by Crippen LogP contribution is -2.52. The van der Waals surface area contributed by atoms with Gasteiger partial charge in [-0.25, -0.2) is 9.59 Å². The van der Waals surface area contributed by atoms with Gasteiger partial charge in [-0.1, -0.05) is 60.7 Å². The molecule has 2 atom stereocenters. The first-order valence-corrected chi connectivity index (χ1v) is 14.6. The number of para-hydroxylation sites is 1. The molecule has 45 heavy (non-hydrogen) atoms. The van der Waals surface area contributed by atoms with Crippen LogP contribution in [0.15, 0.2) is 85.1 Å². The number of benzene rings is 3. The van der Waals surface area contributed by atoms with E-state index in [1.165, 1.54) is 0 Å². The van der Waals surface area contributed by atoms with E-state index in [0.29, 0.717) is 12.4 Å². The maximum absolute atomic E-state index is 13.2.